The van der Waals surface area contributed by atoms with Crippen molar-refractivity contribution in [3.05, 3.63) is 43.0 Å². The Kier molecular flexibility index (Phi) is 5.05. The van der Waals surface area contributed by atoms with Gasteiger partial charge < -0.3 is 9.52 Å². The van der Waals surface area contributed by atoms with Gasteiger partial charge >= 0.3 is 0 Å². The van der Waals surface area contributed by atoms with Gasteiger partial charge in [0.25, 0.3) is 5.22 Å². The van der Waals surface area contributed by atoms with Crippen LogP contribution in [0, 0.1) is 6.10 Å². The monoisotopic (exact) mass is 276 g/mol. The average molecular weight is 276 g/mol. The Morgan fingerprint density at radius 2 is 2.32 bits per heavy atom. The van der Waals surface area contributed by atoms with E-state index in [9.17, 15) is 5.11 Å². The molecule has 0 fully saturated rings. The third kappa shape index (κ3) is 3.61. The van der Waals surface area contributed by atoms with Crippen molar-refractivity contribution in [1.29, 1.82) is 0 Å². The van der Waals surface area contributed by atoms with E-state index in [4.69, 9.17) is 4.42 Å². The fourth-order valence-electron chi connectivity index (χ4n) is 1.86. The first kappa shape index (κ1) is 14.2. The molecular weight excluding hydrogens is 258 g/mol. The molecular formula is C15H18NO2S. The second-order valence-corrected chi connectivity index (χ2v) is 5.48. The first-order valence-corrected chi connectivity index (χ1v) is 7.30. The third-order valence-corrected chi connectivity index (χ3v) is 3.96. The maximum absolute atomic E-state index is 10.0. The number of aliphatic hydroxyl groups excluding tert-OH is 1. The van der Waals surface area contributed by atoms with Crippen molar-refractivity contribution in [3.63, 3.8) is 0 Å². The molecule has 2 rings (SSSR count). The fraction of sp³-hybridized carbons (Fsp3) is 0.333. The van der Waals surface area contributed by atoms with Gasteiger partial charge in [0.05, 0.1) is 0 Å². The van der Waals surface area contributed by atoms with Gasteiger partial charge in [-0.2, -0.15) is 0 Å². The highest BCUT2D eigenvalue weighted by molar-refractivity contribution is 7.99. The molecule has 1 atom stereocenters. The van der Waals surface area contributed by atoms with Gasteiger partial charge in [0, 0.05) is 5.25 Å². The number of para-hydroxylation sites is 2. The van der Waals surface area contributed by atoms with Crippen LogP contribution < -0.4 is 0 Å². The first-order chi connectivity index (χ1) is 9.24. The number of hydrogen-bond donors (Lipinski definition) is 1. The second-order valence-electron chi connectivity index (χ2n) is 4.33. The van der Waals surface area contributed by atoms with Gasteiger partial charge in [-0.1, -0.05) is 43.3 Å². The summed E-state index contributed by atoms with van der Waals surface area (Å²) in [5, 5.41) is 10.6. The van der Waals surface area contributed by atoms with E-state index in [1.165, 1.54) is 11.8 Å². The van der Waals surface area contributed by atoms with Crippen LogP contribution in [0.5, 0.6) is 0 Å². The number of hydrogen-bond acceptors (Lipinski definition) is 4. The van der Waals surface area contributed by atoms with Gasteiger partial charge in [-0.3, -0.25) is 0 Å². The molecule has 4 heteroatoms. The van der Waals surface area contributed by atoms with Crippen LogP contribution in [0.25, 0.3) is 11.1 Å². The molecule has 3 nitrogen and oxygen atoms in total. The standard InChI is InChI=1S/C15H18NO2S/c1-3-7-12(17)14(8-4-2)19-15-16-11-9-5-6-10-13(11)18-15/h3,5-6,9-10,14,17H,1,4,7-8H2,2H3/t14-/m0/s1. The minimum Gasteiger partial charge on any atom is -0.431 e. The molecule has 0 aliphatic rings. The molecule has 0 aliphatic carbocycles. The Balaban J connectivity index is 2.13. The van der Waals surface area contributed by atoms with Crippen LogP contribution in [0.2, 0.25) is 0 Å². The summed E-state index contributed by atoms with van der Waals surface area (Å²) in [5.41, 5.74) is 1.63. The van der Waals surface area contributed by atoms with Crippen LogP contribution in [0.3, 0.4) is 0 Å². The van der Waals surface area contributed by atoms with Crippen LogP contribution in [-0.4, -0.2) is 15.3 Å². The molecule has 0 spiro atoms. The van der Waals surface area contributed by atoms with E-state index in [0.717, 1.165) is 23.9 Å². The summed E-state index contributed by atoms with van der Waals surface area (Å²) in [6.07, 6.45) is 4.55. The molecule has 1 heterocycles. The summed E-state index contributed by atoms with van der Waals surface area (Å²) in [4.78, 5) is 4.42. The number of nitrogens with zero attached hydrogens (tertiary/aromatic N) is 1. The molecule has 1 aromatic carbocycles. The van der Waals surface area contributed by atoms with Crippen molar-refractivity contribution in [2.45, 2.75) is 36.7 Å². The summed E-state index contributed by atoms with van der Waals surface area (Å²) >= 11 is 1.47. The molecule has 1 aromatic heterocycles. The quantitative estimate of drug-likeness (QED) is 0.594. The second kappa shape index (κ2) is 6.78. The van der Waals surface area contributed by atoms with E-state index in [-0.39, 0.29) is 5.25 Å². The van der Waals surface area contributed by atoms with Gasteiger partial charge in [0.15, 0.2) is 5.58 Å². The van der Waals surface area contributed by atoms with E-state index < -0.39 is 0 Å². The van der Waals surface area contributed by atoms with Crippen molar-refractivity contribution in [1.82, 2.24) is 4.98 Å². The molecule has 2 aromatic rings. The summed E-state index contributed by atoms with van der Waals surface area (Å²) in [5.74, 6) is 0. The highest BCUT2D eigenvalue weighted by Crippen LogP contribution is 2.34. The normalized spacial score (nSPS) is 13.0. The Morgan fingerprint density at radius 1 is 1.53 bits per heavy atom. The lowest BCUT2D eigenvalue weighted by Crippen LogP contribution is -2.14. The number of fused-ring (bicyclic) bond motifs is 1. The van der Waals surface area contributed by atoms with Crippen LogP contribution in [0.15, 0.2) is 46.6 Å². The minimum atomic E-state index is 0.0102. The van der Waals surface area contributed by atoms with Crippen molar-refractivity contribution in [2.75, 3.05) is 0 Å². The van der Waals surface area contributed by atoms with E-state index in [1.54, 1.807) is 6.08 Å². The fourth-order valence-corrected chi connectivity index (χ4v) is 2.98. The number of benzene rings is 1. The SMILES string of the molecule is C=CC[C](O)[C@H](CCC)Sc1nc2ccccc2o1. The Labute approximate surface area is 117 Å². The molecule has 1 N–H and O–H groups in total. The van der Waals surface area contributed by atoms with Crippen LogP contribution in [0.1, 0.15) is 26.2 Å². The van der Waals surface area contributed by atoms with Gasteiger partial charge in [-0.05, 0) is 25.0 Å². The smallest absolute Gasteiger partial charge is 0.257 e. The molecule has 0 saturated carbocycles. The van der Waals surface area contributed by atoms with Crippen molar-refractivity contribution < 1.29 is 9.52 Å². The molecule has 0 unspecified atom stereocenters. The Bertz CT molecular complexity index is 505. The lowest BCUT2D eigenvalue weighted by molar-refractivity contribution is 0.282. The zero-order valence-electron chi connectivity index (χ0n) is 11.0. The van der Waals surface area contributed by atoms with Gasteiger partial charge in [-0.15, -0.1) is 6.58 Å². The lowest BCUT2D eigenvalue weighted by Gasteiger charge is -2.17. The number of oxazole rings is 1. The molecule has 0 amide bonds. The van der Waals surface area contributed by atoms with E-state index in [2.05, 4.69) is 18.5 Å². The average Bonchev–Trinajstić information content (AvgIpc) is 2.80. The first-order valence-electron chi connectivity index (χ1n) is 6.42. The minimum absolute atomic E-state index is 0.0102. The third-order valence-electron chi connectivity index (χ3n) is 2.79. The van der Waals surface area contributed by atoms with E-state index in [0.29, 0.717) is 17.7 Å². The number of rotatable bonds is 7. The van der Waals surface area contributed by atoms with Crippen molar-refractivity contribution >= 4 is 22.9 Å². The van der Waals surface area contributed by atoms with E-state index in [1.807, 2.05) is 24.3 Å². The summed E-state index contributed by atoms with van der Waals surface area (Å²) in [7, 11) is 0. The molecule has 101 valence electrons. The molecule has 1 radical (unpaired) electrons. The van der Waals surface area contributed by atoms with Crippen molar-refractivity contribution in [3.8, 4) is 0 Å². The Morgan fingerprint density at radius 3 is 3.00 bits per heavy atom. The number of aliphatic hydroxyl groups is 1. The molecule has 0 aliphatic heterocycles. The van der Waals surface area contributed by atoms with Gasteiger partial charge in [-0.25, -0.2) is 4.98 Å². The highest BCUT2D eigenvalue weighted by Gasteiger charge is 2.22. The highest BCUT2D eigenvalue weighted by atomic mass is 32.2. The summed E-state index contributed by atoms with van der Waals surface area (Å²) in [6, 6.07) is 7.68. The summed E-state index contributed by atoms with van der Waals surface area (Å²) < 4.78 is 5.67. The van der Waals surface area contributed by atoms with Gasteiger partial charge in [0.1, 0.15) is 11.6 Å². The maximum Gasteiger partial charge on any atom is 0.257 e. The predicted octanol–water partition coefficient (Wildman–Crippen LogP) is 4.57. The van der Waals surface area contributed by atoms with E-state index >= 15 is 0 Å². The lowest BCUT2D eigenvalue weighted by atomic mass is 10.1. The van der Waals surface area contributed by atoms with Crippen LogP contribution >= 0.6 is 11.8 Å². The largest absolute Gasteiger partial charge is 0.431 e. The van der Waals surface area contributed by atoms with Gasteiger partial charge in [0.2, 0.25) is 0 Å². The van der Waals surface area contributed by atoms with Crippen molar-refractivity contribution in [2.24, 2.45) is 0 Å². The van der Waals surface area contributed by atoms with Crippen LogP contribution in [-0.2, 0) is 0 Å². The Hall–Kier alpha value is -1.26. The molecule has 19 heavy (non-hydrogen) atoms. The predicted molar refractivity (Wildman–Crippen MR) is 78.6 cm³/mol. The summed E-state index contributed by atoms with van der Waals surface area (Å²) in [6.45, 7) is 5.75. The number of thioether (sulfide) groups is 1. The zero-order chi connectivity index (χ0) is 13.7. The van der Waals surface area contributed by atoms with Crippen LogP contribution in [0.4, 0.5) is 0 Å². The molecule has 0 bridgehead atoms. The maximum atomic E-state index is 10.0. The topological polar surface area (TPSA) is 46.3 Å². The number of aromatic nitrogens is 1. The molecule has 0 saturated heterocycles. The zero-order valence-corrected chi connectivity index (χ0v) is 11.8.